The molecule has 0 saturated heterocycles. The van der Waals surface area contributed by atoms with Crippen molar-refractivity contribution in [1.82, 2.24) is 5.32 Å². The Morgan fingerprint density at radius 1 is 1.29 bits per heavy atom. The molecular weight excluding hydrogens is 366 g/mol. The van der Waals surface area contributed by atoms with Crippen LogP contribution < -0.4 is 10.1 Å². The zero-order valence-electron chi connectivity index (χ0n) is 14.2. The molecule has 1 aliphatic heterocycles. The van der Waals surface area contributed by atoms with Crippen molar-refractivity contribution in [2.45, 2.75) is 45.3 Å². The standard InChI is InChI=1S/C20H22BrNO2/c1-13-7-8-16-17(12-20(2,3)24-18(16)9-13)22-19(23)11-14-5-4-6-15(21)10-14/h4-10,17H,11-12H2,1-3H3,(H,22,23). The Labute approximate surface area is 151 Å². The monoisotopic (exact) mass is 387 g/mol. The minimum absolute atomic E-state index is 0.0241. The molecule has 0 saturated carbocycles. The Morgan fingerprint density at radius 2 is 2.08 bits per heavy atom. The summed E-state index contributed by atoms with van der Waals surface area (Å²) in [5.74, 6) is 0.904. The molecule has 3 rings (SSSR count). The van der Waals surface area contributed by atoms with E-state index in [0.717, 1.165) is 33.3 Å². The molecule has 0 aromatic heterocycles. The van der Waals surface area contributed by atoms with Gasteiger partial charge in [0.2, 0.25) is 5.91 Å². The molecule has 0 fully saturated rings. The summed E-state index contributed by atoms with van der Waals surface area (Å²) in [4.78, 5) is 12.5. The Balaban J connectivity index is 1.78. The van der Waals surface area contributed by atoms with Crippen molar-refractivity contribution in [2.24, 2.45) is 0 Å². The van der Waals surface area contributed by atoms with Crippen LogP contribution in [0.2, 0.25) is 0 Å². The van der Waals surface area contributed by atoms with Gasteiger partial charge in [-0.05, 0) is 50.1 Å². The van der Waals surface area contributed by atoms with Crippen molar-refractivity contribution in [3.63, 3.8) is 0 Å². The summed E-state index contributed by atoms with van der Waals surface area (Å²) in [5.41, 5.74) is 2.92. The van der Waals surface area contributed by atoms with Gasteiger partial charge < -0.3 is 10.1 Å². The molecule has 1 N–H and O–H groups in total. The van der Waals surface area contributed by atoms with Crippen LogP contribution in [0.5, 0.6) is 5.75 Å². The Bertz CT molecular complexity index is 770. The van der Waals surface area contributed by atoms with E-state index in [1.54, 1.807) is 0 Å². The zero-order valence-corrected chi connectivity index (χ0v) is 15.8. The number of carbonyl (C=O) groups excluding carboxylic acids is 1. The minimum atomic E-state index is -0.297. The molecule has 0 radical (unpaired) electrons. The second-order valence-electron chi connectivity index (χ2n) is 7.03. The highest BCUT2D eigenvalue weighted by molar-refractivity contribution is 9.10. The average molecular weight is 388 g/mol. The lowest BCUT2D eigenvalue weighted by molar-refractivity contribution is -0.121. The highest BCUT2D eigenvalue weighted by atomic mass is 79.9. The van der Waals surface area contributed by atoms with Gasteiger partial charge in [0.15, 0.2) is 0 Å². The van der Waals surface area contributed by atoms with Crippen molar-refractivity contribution < 1.29 is 9.53 Å². The Kier molecular flexibility index (Phi) is 4.68. The maximum absolute atomic E-state index is 12.5. The molecule has 1 unspecified atom stereocenters. The smallest absolute Gasteiger partial charge is 0.224 e. The number of hydrogen-bond donors (Lipinski definition) is 1. The van der Waals surface area contributed by atoms with Crippen LogP contribution >= 0.6 is 15.9 Å². The van der Waals surface area contributed by atoms with E-state index >= 15 is 0 Å². The van der Waals surface area contributed by atoms with Crippen LogP contribution in [-0.4, -0.2) is 11.5 Å². The molecule has 2 aromatic carbocycles. The number of amides is 1. The third-order valence-corrected chi connectivity index (χ3v) is 4.71. The Hall–Kier alpha value is -1.81. The molecule has 126 valence electrons. The molecule has 1 atom stereocenters. The largest absolute Gasteiger partial charge is 0.487 e. The van der Waals surface area contributed by atoms with Gasteiger partial charge in [0.25, 0.3) is 0 Å². The van der Waals surface area contributed by atoms with Gasteiger partial charge in [-0.3, -0.25) is 4.79 Å². The van der Waals surface area contributed by atoms with E-state index in [0.29, 0.717) is 6.42 Å². The lowest BCUT2D eigenvalue weighted by Gasteiger charge is -2.38. The fraction of sp³-hybridized carbons (Fsp3) is 0.350. The van der Waals surface area contributed by atoms with Crippen molar-refractivity contribution in [3.8, 4) is 5.75 Å². The van der Waals surface area contributed by atoms with Gasteiger partial charge in [0, 0.05) is 16.5 Å². The van der Waals surface area contributed by atoms with E-state index < -0.39 is 0 Å². The van der Waals surface area contributed by atoms with Gasteiger partial charge in [-0.2, -0.15) is 0 Å². The van der Waals surface area contributed by atoms with Crippen LogP contribution in [-0.2, 0) is 11.2 Å². The third-order valence-electron chi connectivity index (χ3n) is 4.22. The van der Waals surface area contributed by atoms with Crippen molar-refractivity contribution in [1.29, 1.82) is 0 Å². The predicted octanol–water partition coefficient (Wildman–Crippen LogP) is 4.72. The maximum Gasteiger partial charge on any atom is 0.224 e. The van der Waals surface area contributed by atoms with Crippen LogP contribution in [0.15, 0.2) is 46.9 Å². The van der Waals surface area contributed by atoms with Crippen molar-refractivity contribution in [3.05, 3.63) is 63.6 Å². The second-order valence-corrected chi connectivity index (χ2v) is 7.95. The van der Waals surface area contributed by atoms with Crippen molar-refractivity contribution >= 4 is 21.8 Å². The number of carbonyl (C=O) groups is 1. The molecule has 0 aliphatic carbocycles. The lowest BCUT2D eigenvalue weighted by Crippen LogP contribution is -2.41. The third kappa shape index (κ3) is 3.99. The zero-order chi connectivity index (χ0) is 17.3. The van der Waals surface area contributed by atoms with Crippen LogP contribution in [0.25, 0.3) is 0 Å². The van der Waals surface area contributed by atoms with Crippen LogP contribution in [0.1, 0.15) is 43.0 Å². The fourth-order valence-electron chi connectivity index (χ4n) is 3.17. The van der Waals surface area contributed by atoms with E-state index in [-0.39, 0.29) is 17.6 Å². The van der Waals surface area contributed by atoms with Crippen molar-refractivity contribution in [2.75, 3.05) is 0 Å². The summed E-state index contributed by atoms with van der Waals surface area (Å²) < 4.78 is 7.08. The maximum atomic E-state index is 12.5. The summed E-state index contributed by atoms with van der Waals surface area (Å²) in [5, 5.41) is 3.18. The number of aryl methyl sites for hydroxylation is 1. The normalized spacial score (nSPS) is 18.4. The molecule has 0 bridgehead atoms. The minimum Gasteiger partial charge on any atom is -0.487 e. The molecule has 2 aromatic rings. The number of fused-ring (bicyclic) bond motifs is 1. The number of nitrogens with one attached hydrogen (secondary N) is 1. The first-order chi connectivity index (χ1) is 11.3. The molecule has 1 aliphatic rings. The van der Waals surface area contributed by atoms with Gasteiger partial charge >= 0.3 is 0 Å². The molecule has 1 heterocycles. The number of ether oxygens (including phenoxy) is 1. The van der Waals surface area contributed by atoms with E-state index in [4.69, 9.17) is 4.74 Å². The summed E-state index contributed by atoms with van der Waals surface area (Å²) in [6.07, 6.45) is 1.13. The molecule has 24 heavy (non-hydrogen) atoms. The van der Waals surface area contributed by atoms with E-state index in [2.05, 4.69) is 47.2 Å². The summed E-state index contributed by atoms with van der Waals surface area (Å²) in [7, 11) is 0. The van der Waals surface area contributed by atoms with Crippen LogP contribution in [0.3, 0.4) is 0 Å². The predicted molar refractivity (Wildman–Crippen MR) is 99.2 cm³/mol. The number of hydrogen-bond acceptors (Lipinski definition) is 2. The average Bonchev–Trinajstić information content (AvgIpc) is 2.45. The van der Waals surface area contributed by atoms with Crippen LogP contribution in [0.4, 0.5) is 0 Å². The quantitative estimate of drug-likeness (QED) is 0.827. The first kappa shape index (κ1) is 17.0. The van der Waals surface area contributed by atoms with Gasteiger partial charge in [0.1, 0.15) is 11.4 Å². The second kappa shape index (κ2) is 6.60. The summed E-state index contributed by atoms with van der Waals surface area (Å²) in [6, 6.07) is 14.0. The number of rotatable bonds is 3. The van der Waals surface area contributed by atoms with Gasteiger partial charge in [-0.25, -0.2) is 0 Å². The molecule has 1 amide bonds. The fourth-order valence-corrected chi connectivity index (χ4v) is 3.61. The Morgan fingerprint density at radius 3 is 2.83 bits per heavy atom. The molecular formula is C20H22BrNO2. The first-order valence-corrected chi connectivity index (χ1v) is 8.95. The summed E-state index contributed by atoms with van der Waals surface area (Å²) in [6.45, 7) is 6.17. The van der Waals surface area contributed by atoms with Crippen LogP contribution in [0, 0.1) is 6.92 Å². The topological polar surface area (TPSA) is 38.3 Å². The highest BCUT2D eigenvalue weighted by Gasteiger charge is 2.34. The summed E-state index contributed by atoms with van der Waals surface area (Å²) >= 11 is 3.45. The molecule has 0 spiro atoms. The van der Waals surface area contributed by atoms with Gasteiger partial charge in [0.05, 0.1) is 12.5 Å². The number of benzene rings is 2. The van der Waals surface area contributed by atoms with E-state index in [1.165, 1.54) is 0 Å². The van der Waals surface area contributed by atoms with E-state index in [9.17, 15) is 4.79 Å². The van der Waals surface area contributed by atoms with Gasteiger partial charge in [-0.1, -0.05) is 40.2 Å². The first-order valence-electron chi connectivity index (χ1n) is 8.16. The van der Waals surface area contributed by atoms with Gasteiger partial charge in [-0.15, -0.1) is 0 Å². The lowest BCUT2D eigenvalue weighted by atomic mass is 9.89. The molecule has 4 heteroatoms. The van der Waals surface area contributed by atoms with E-state index in [1.807, 2.05) is 37.3 Å². The highest BCUT2D eigenvalue weighted by Crippen LogP contribution is 2.39. The SMILES string of the molecule is Cc1ccc2c(c1)OC(C)(C)CC2NC(=O)Cc1cccc(Br)c1. The molecule has 3 nitrogen and oxygen atoms in total. The number of halogens is 1.